The van der Waals surface area contributed by atoms with Gasteiger partial charge in [0.25, 0.3) is 0 Å². The van der Waals surface area contributed by atoms with Crippen LogP contribution in [0.25, 0.3) is 0 Å². The molecule has 0 spiro atoms. The van der Waals surface area contributed by atoms with E-state index < -0.39 is 0 Å². The molecule has 0 atom stereocenters. The number of hydrogen-bond donors (Lipinski definition) is 1. The van der Waals surface area contributed by atoms with Crippen molar-refractivity contribution in [3.8, 4) is 0 Å². The summed E-state index contributed by atoms with van der Waals surface area (Å²) in [7, 11) is 0. The highest BCUT2D eigenvalue weighted by Gasteiger charge is 2.20. The molecule has 0 amide bonds. The first-order valence-electron chi connectivity index (χ1n) is 7.70. The summed E-state index contributed by atoms with van der Waals surface area (Å²) in [4.78, 5) is 9.17. The SMILES string of the molecule is CCC1CCC(Nc2nc(C)cc(C(C)C)n2)CC1. The molecule has 1 heterocycles. The largest absolute Gasteiger partial charge is 0.351 e. The Morgan fingerprint density at radius 3 is 2.47 bits per heavy atom. The van der Waals surface area contributed by atoms with E-state index >= 15 is 0 Å². The summed E-state index contributed by atoms with van der Waals surface area (Å²) in [5.74, 6) is 2.21. The third kappa shape index (κ3) is 3.92. The smallest absolute Gasteiger partial charge is 0.223 e. The molecular weight excluding hydrogens is 234 g/mol. The highest BCUT2D eigenvalue weighted by molar-refractivity contribution is 5.30. The van der Waals surface area contributed by atoms with Crippen LogP contribution in [0.3, 0.4) is 0 Å². The number of nitrogens with one attached hydrogen (secondary N) is 1. The molecule has 3 heteroatoms. The number of aromatic nitrogens is 2. The molecule has 1 aromatic heterocycles. The lowest BCUT2D eigenvalue weighted by molar-refractivity contribution is 0.329. The van der Waals surface area contributed by atoms with Gasteiger partial charge in [-0.05, 0) is 50.5 Å². The van der Waals surface area contributed by atoms with E-state index in [9.17, 15) is 0 Å². The van der Waals surface area contributed by atoms with E-state index in [1.54, 1.807) is 0 Å². The van der Waals surface area contributed by atoms with Gasteiger partial charge in [0.2, 0.25) is 5.95 Å². The third-order valence-electron chi connectivity index (χ3n) is 4.22. The van der Waals surface area contributed by atoms with E-state index in [1.807, 2.05) is 6.92 Å². The minimum atomic E-state index is 0.457. The zero-order valence-corrected chi connectivity index (χ0v) is 12.7. The van der Waals surface area contributed by atoms with Crippen molar-refractivity contribution in [2.24, 2.45) is 5.92 Å². The summed E-state index contributed by atoms with van der Waals surface area (Å²) in [5.41, 5.74) is 2.20. The monoisotopic (exact) mass is 261 g/mol. The number of anilines is 1. The van der Waals surface area contributed by atoms with Crippen LogP contribution >= 0.6 is 0 Å². The van der Waals surface area contributed by atoms with Crippen molar-refractivity contribution in [3.63, 3.8) is 0 Å². The van der Waals surface area contributed by atoms with Crippen molar-refractivity contribution < 1.29 is 0 Å². The highest BCUT2D eigenvalue weighted by Crippen LogP contribution is 2.28. The highest BCUT2D eigenvalue weighted by atomic mass is 15.1. The van der Waals surface area contributed by atoms with Gasteiger partial charge in [-0.25, -0.2) is 9.97 Å². The number of aryl methyl sites for hydroxylation is 1. The summed E-state index contributed by atoms with van der Waals surface area (Å²) in [6.07, 6.45) is 6.53. The van der Waals surface area contributed by atoms with Gasteiger partial charge in [-0.3, -0.25) is 0 Å². The molecule has 19 heavy (non-hydrogen) atoms. The molecule has 0 bridgehead atoms. The van der Waals surface area contributed by atoms with Crippen molar-refractivity contribution in [2.45, 2.75) is 71.8 Å². The molecule has 0 aromatic carbocycles. The van der Waals surface area contributed by atoms with E-state index in [4.69, 9.17) is 0 Å². The van der Waals surface area contributed by atoms with Crippen LogP contribution in [0, 0.1) is 12.8 Å². The first-order chi connectivity index (χ1) is 9.08. The maximum atomic E-state index is 4.64. The summed E-state index contributed by atoms with van der Waals surface area (Å²) in [6.45, 7) is 8.71. The van der Waals surface area contributed by atoms with Gasteiger partial charge < -0.3 is 5.32 Å². The minimum absolute atomic E-state index is 0.457. The molecule has 1 fully saturated rings. The molecular formula is C16H27N3. The second-order valence-electron chi connectivity index (χ2n) is 6.18. The molecule has 1 aliphatic carbocycles. The predicted octanol–water partition coefficient (Wildman–Crippen LogP) is 4.29. The Morgan fingerprint density at radius 1 is 1.21 bits per heavy atom. The molecule has 0 radical (unpaired) electrons. The Hall–Kier alpha value is -1.12. The number of hydrogen-bond acceptors (Lipinski definition) is 3. The molecule has 2 rings (SSSR count). The van der Waals surface area contributed by atoms with Crippen LogP contribution in [-0.2, 0) is 0 Å². The standard InChI is InChI=1S/C16H27N3/c1-5-13-6-8-14(9-7-13)18-16-17-12(4)10-15(19-16)11(2)3/h10-11,13-14H,5-9H2,1-4H3,(H,17,18,19). The Bertz CT molecular complexity index is 406. The van der Waals surface area contributed by atoms with Crippen LogP contribution < -0.4 is 5.32 Å². The van der Waals surface area contributed by atoms with Gasteiger partial charge in [-0.15, -0.1) is 0 Å². The van der Waals surface area contributed by atoms with E-state index in [0.29, 0.717) is 12.0 Å². The molecule has 1 aliphatic rings. The average Bonchev–Trinajstić information content (AvgIpc) is 2.39. The van der Waals surface area contributed by atoms with Gasteiger partial charge >= 0.3 is 0 Å². The summed E-state index contributed by atoms with van der Waals surface area (Å²) in [5, 5.41) is 3.54. The second kappa shape index (κ2) is 6.36. The fourth-order valence-electron chi connectivity index (χ4n) is 2.85. The summed E-state index contributed by atoms with van der Waals surface area (Å²) in [6, 6.07) is 2.65. The van der Waals surface area contributed by atoms with E-state index in [-0.39, 0.29) is 0 Å². The molecule has 3 nitrogen and oxygen atoms in total. The Kier molecular flexibility index (Phi) is 4.78. The van der Waals surface area contributed by atoms with Gasteiger partial charge in [0.1, 0.15) is 0 Å². The topological polar surface area (TPSA) is 37.8 Å². The first kappa shape index (κ1) is 14.3. The Morgan fingerprint density at radius 2 is 1.89 bits per heavy atom. The van der Waals surface area contributed by atoms with Crippen LogP contribution in [0.1, 0.15) is 70.2 Å². The summed E-state index contributed by atoms with van der Waals surface area (Å²) < 4.78 is 0. The van der Waals surface area contributed by atoms with Crippen molar-refractivity contribution >= 4 is 5.95 Å². The molecule has 0 aliphatic heterocycles. The van der Waals surface area contributed by atoms with Crippen molar-refractivity contribution in [1.29, 1.82) is 0 Å². The lowest BCUT2D eigenvalue weighted by Gasteiger charge is -2.28. The quantitative estimate of drug-likeness (QED) is 0.878. The van der Waals surface area contributed by atoms with Crippen LogP contribution in [0.15, 0.2) is 6.07 Å². The molecule has 106 valence electrons. The van der Waals surface area contributed by atoms with Gasteiger partial charge in [0, 0.05) is 17.4 Å². The van der Waals surface area contributed by atoms with Crippen LogP contribution in [-0.4, -0.2) is 16.0 Å². The number of rotatable bonds is 4. The number of nitrogens with zero attached hydrogens (tertiary/aromatic N) is 2. The lowest BCUT2D eigenvalue weighted by atomic mass is 9.85. The van der Waals surface area contributed by atoms with Crippen molar-refractivity contribution in [3.05, 3.63) is 17.5 Å². The van der Waals surface area contributed by atoms with Gasteiger partial charge in [0.05, 0.1) is 0 Å². The summed E-state index contributed by atoms with van der Waals surface area (Å²) >= 11 is 0. The predicted molar refractivity (Wildman–Crippen MR) is 80.5 cm³/mol. The lowest BCUT2D eigenvalue weighted by Crippen LogP contribution is -2.27. The van der Waals surface area contributed by atoms with E-state index in [2.05, 4.69) is 42.1 Å². The van der Waals surface area contributed by atoms with Crippen LogP contribution in [0.5, 0.6) is 0 Å². The fraction of sp³-hybridized carbons (Fsp3) is 0.750. The van der Waals surface area contributed by atoms with Crippen molar-refractivity contribution in [1.82, 2.24) is 9.97 Å². The van der Waals surface area contributed by atoms with Crippen LogP contribution in [0.4, 0.5) is 5.95 Å². The second-order valence-corrected chi connectivity index (χ2v) is 6.18. The van der Waals surface area contributed by atoms with Gasteiger partial charge in [0.15, 0.2) is 0 Å². The minimum Gasteiger partial charge on any atom is -0.351 e. The Labute approximate surface area is 117 Å². The van der Waals surface area contributed by atoms with Crippen LogP contribution in [0.2, 0.25) is 0 Å². The molecule has 1 saturated carbocycles. The zero-order valence-electron chi connectivity index (χ0n) is 12.7. The van der Waals surface area contributed by atoms with Gasteiger partial charge in [-0.1, -0.05) is 27.2 Å². The van der Waals surface area contributed by atoms with E-state index in [1.165, 1.54) is 32.1 Å². The Balaban J connectivity index is 1.99. The zero-order chi connectivity index (χ0) is 13.8. The third-order valence-corrected chi connectivity index (χ3v) is 4.22. The molecule has 0 saturated heterocycles. The maximum Gasteiger partial charge on any atom is 0.223 e. The normalized spacial score (nSPS) is 23.6. The molecule has 1 N–H and O–H groups in total. The first-order valence-corrected chi connectivity index (χ1v) is 7.70. The van der Waals surface area contributed by atoms with Crippen molar-refractivity contribution in [2.75, 3.05) is 5.32 Å². The van der Waals surface area contributed by atoms with Gasteiger partial charge in [-0.2, -0.15) is 0 Å². The molecule has 0 unspecified atom stereocenters. The fourth-order valence-corrected chi connectivity index (χ4v) is 2.85. The van der Waals surface area contributed by atoms with E-state index in [0.717, 1.165) is 23.3 Å². The molecule has 1 aromatic rings. The average molecular weight is 261 g/mol. The maximum absolute atomic E-state index is 4.64.